The number of carbonyl (C=O) groups is 1. The highest BCUT2D eigenvalue weighted by molar-refractivity contribution is 8.23. The van der Waals surface area contributed by atoms with E-state index in [2.05, 4.69) is 6.92 Å². The van der Waals surface area contributed by atoms with Crippen LogP contribution < -0.4 is 0 Å². The molecule has 1 amide bonds. The van der Waals surface area contributed by atoms with E-state index < -0.39 is 0 Å². The minimum absolute atomic E-state index is 0.161. The first kappa shape index (κ1) is 11.3. The molecular weight excluding hydrogens is 222 g/mol. The minimum Gasteiger partial charge on any atom is -0.293 e. The second-order valence-corrected chi connectivity index (χ2v) is 5.36. The molecule has 0 N–H and O–H groups in total. The van der Waals surface area contributed by atoms with E-state index in [9.17, 15) is 4.79 Å². The summed E-state index contributed by atoms with van der Waals surface area (Å²) in [7, 11) is 0. The van der Waals surface area contributed by atoms with Gasteiger partial charge in [-0.1, -0.05) is 30.9 Å². The van der Waals surface area contributed by atoms with Gasteiger partial charge in [0.1, 0.15) is 4.32 Å². The molecule has 0 aliphatic carbocycles. The maximum Gasteiger partial charge on any atom is 0.238 e. The summed E-state index contributed by atoms with van der Waals surface area (Å²) in [4.78, 5) is 13.4. The van der Waals surface area contributed by atoms with Gasteiger partial charge in [0.15, 0.2) is 0 Å². The first-order valence-corrected chi connectivity index (χ1v) is 6.97. The second kappa shape index (κ2) is 5.22. The molecule has 1 atom stereocenters. The standard InChI is InChI=1S/C8H13NOS3/c1-3-6-4-13-8(11)9(6)7(10)5-12-2/h6H,3-5H2,1-2H3. The Hall–Kier alpha value is 0.260. The van der Waals surface area contributed by atoms with E-state index in [0.717, 1.165) is 16.5 Å². The fourth-order valence-corrected chi connectivity index (χ4v) is 3.21. The van der Waals surface area contributed by atoms with Crippen molar-refractivity contribution in [1.82, 2.24) is 4.90 Å². The first-order chi connectivity index (χ1) is 6.20. The SMILES string of the molecule is CCC1CSC(=S)N1C(=O)CSC. The summed E-state index contributed by atoms with van der Waals surface area (Å²) in [6.07, 6.45) is 2.93. The van der Waals surface area contributed by atoms with E-state index >= 15 is 0 Å². The molecule has 0 aromatic heterocycles. The number of hydrogen-bond donors (Lipinski definition) is 0. The lowest BCUT2D eigenvalue weighted by Gasteiger charge is -2.21. The number of hydrogen-bond acceptors (Lipinski definition) is 4. The van der Waals surface area contributed by atoms with Crippen molar-refractivity contribution in [3.63, 3.8) is 0 Å². The summed E-state index contributed by atoms with van der Waals surface area (Å²) in [5, 5.41) is 0. The topological polar surface area (TPSA) is 20.3 Å². The van der Waals surface area contributed by atoms with Crippen LogP contribution in [0.15, 0.2) is 0 Å². The molecular formula is C8H13NOS3. The molecule has 1 aliphatic heterocycles. The Morgan fingerprint density at radius 1 is 1.85 bits per heavy atom. The third kappa shape index (κ3) is 2.60. The van der Waals surface area contributed by atoms with Crippen LogP contribution in [0.3, 0.4) is 0 Å². The highest BCUT2D eigenvalue weighted by Gasteiger charge is 2.31. The minimum atomic E-state index is 0.161. The van der Waals surface area contributed by atoms with Crippen LogP contribution in [0.1, 0.15) is 13.3 Å². The normalized spacial score (nSPS) is 22.5. The summed E-state index contributed by atoms with van der Waals surface area (Å²) >= 11 is 8.30. The molecule has 74 valence electrons. The van der Waals surface area contributed by atoms with Crippen molar-refractivity contribution in [3.05, 3.63) is 0 Å². The average Bonchev–Trinajstić information content (AvgIpc) is 2.47. The van der Waals surface area contributed by atoms with Gasteiger partial charge in [-0.3, -0.25) is 9.69 Å². The zero-order valence-corrected chi connectivity index (χ0v) is 10.2. The van der Waals surface area contributed by atoms with Gasteiger partial charge in [-0.2, -0.15) is 11.8 Å². The maximum absolute atomic E-state index is 11.6. The summed E-state index contributed by atoms with van der Waals surface area (Å²) in [6.45, 7) is 2.10. The highest BCUT2D eigenvalue weighted by Crippen LogP contribution is 2.26. The van der Waals surface area contributed by atoms with Crippen LogP contribution in [0.2, 0.25) is 0 Å². The molecule has 0 radical (unpaired) electrons. The van der Waals surface area contributed by atoms with Crippen LogP contribution in [0.25, 0.3) is 0 Å². The van der Waals surface area contributed by atoms with Gasteiger partial charge in [0, 0.05) is 11.8 Å². The van der Waals surface area contributed by atoms with E-state index in [0.29, 0.717) is 11.8 Å². The van der Waals surface area contributed by atoms with E-state index in [1.807, 2.05) is 6.26 Å². The van der Waals surface area contributed by atoms with Gasteiger partial charge < -0.3 is 0 Å². The number of thiocarbonyl (C=S) groups is 1. The predicted molar refractivity (Wildman–Crippen MR) is 64.4 cm³/mol. The zero-order valence-electron chi connectivity index (χ0n) is 7.78. The molecule has 0 aromatic rings. The van der Waals surface area contributed by atoms with Crippen LogP contribution >= 0.6 is 35.7 Å². The van der Waals surface area contributed by atoms with E-state index in [1.165, 1.54) is 0 Å². The molecule has 5 heteroatoms. The van der Waals surface area contributed by atoms with Gasteiger partial charge in [0.05, 0.1) is 5.75 Å². The Morgan fingerprint density at radius 3 is 3.08 bits per heavy atom. The predicted octanol–water partition coefficient (Wildman–Crippen LogP) is 1.99. The van der Waals surface area contributed by atoms with Crippen molar-refractivity contribution in [2.24, 2.45) is 0 Å². The van der Waals surface area contributed by atoms with Crippen LogP contribution in [0.4, 0.5) is 0 Å². The van der Waals surface area contributed by atoms with Crippen LogP contribution in [0, 0.1) is 0 Å². The second-order valence-electron chi connectivity index (χ2n) is 2.84. The summed E-state index contributed by atoms with van der Waals surface area (Å²) in [5.41, 5.74) is 0. The fraction of sp³-hybridized carbons (Fsp3) is 0.750. The molecule has 1 fully saturated rings. The number of amides is 1. The van der Waals surface area contributed by atoms with Crippen molar-refractivity contribution in [2.75, 3.05) is 17.8 Å². The number of carbonyl (C=O) groups excluding carboxylic acids is 1. The lowest BCUT2D eigenvalue weighted by Crippen LogP contribution is -2.39. The Labute approximate surface area is 92.8 Å². The molecule has 0 spiro atoms. The third-order valence-electron chi connectivity index (χ3n) is 1.97. The third-order valence-corrected chi connectivity index (χ3v) is 4.05. The molecule has 0 bridgehead atoms. The molecule has 1 aliphatic rings. The number of nitrogens with zero attached hydrogens (tertiary/aromatic N) is 1. The summed E-state index contributed by atoms with van der Waals surface area (Å²) < 4.78 is 0.755. The van der Waals surface area contributed by atoms with Crippen molar-refractivity contribution >= 4 is 46.0 Å². The smallest absolute Gasteiger partial charge is 0.238 e. The summed E-state index contributed by atoms with van der Waals surface area (Å²) in [6, 6.07) is 0.331. The Balaban J connectivity index is 2.63. The molecule has 1 unspecified atom stereocenters. The lowest BCUT2D eigenvalue weighted by molar-refractivity contribution is -0.125. The fourth-order valence-electron chi connectivity index (χ4n) is 1.26. The molecule has 13 heavy (non-hydrogen) atoms. The largest absolute Gasteiger partial charge is 0.293 e. The van der Waals surface area contributed by atoms with Gasteiger partial charge in [0.25, 0.3) is 0 Å². The molecule has 0 saturated carbocycles. The van der Waals surface area contributed by atoms with Crippen molar-refractivity contribution < 1.29 is 4.79 Å². The summed E-state index contributed by atoms with van der Waals surface area (Å²) in [5.74, 6) is 1.67. The Morgan fingerprint density at radius 2 is 2.54 bits per heavy atom. The first-order valence-electron chi connectivity index (χ1n) is 4.18. The molecule has 0 aromatic carbocycles. The highest BCUT2D eigenvalue weighted by atomic mass is 32.2. The van der Waals surface area contributed by atoms with E-state index in [-0.39, 0.29) is 5.91 Å². The van der Waals surface area contributed by atoms with Crippen LogP contribution in [0.5, 0.6) is 0 Å². The van der Waals surface area contributed by atoms with Crippen LogP contribution in [-0.4, -0.2) is 38.9 Å². The lowest BCUT2D eigenvalue weighted by atomic mass is 10.2. The van der Waals surface area contributed by atoms with Crippen molar-refractivity contribution in [3.8, 4) is 0 Å². The van der Waals surface area contributed by atoms with Gasteiger partial charge >= 0.3 is 0 Å². The van der Waals surface area contributed by atoms with Gasteiger partial charge in [0.2, 0.25) is 5.91 Å². The Kier molecular flexibility index (Phi) is 4.55. The van der Waals surface area contributed by atoms with E-state index in [4.69, 9.17) is 12.2 Å². The zero-order chi connectivity index (χ0) is 9.84. The number of rotatable bonds is 3. The van der Waals surface area contributed by atoms with Gasteiger partial charge in [-0.25, -0.2) is 0 Å². The number of thioether (sulfide) groups is 2. The average molecular weight is 235 g/mol. The maximum atomic E-state index is 11.6. The molecule has 1 rings (SSSR count). The van der Waals surface area contributed by atoms with Gasteiger partial charge in [-0.05, 0) is 12.7 Å². The van der Waals surface area contributed by atoms with Crippen molar-refractivity contribution in [2.45, 2.75) is 19.4 Å². The van der Waals surface area contributed by atoms with E-state index in [1.54, 1.807) is 28.4 Å². The Bertz CT molecular complexity index is 219. The quantitative estimate of drug-likeness (QED) is 0.697. The van der Waals surface area contributed by atoms with Crippen molar-refractivity contribution in [1.29, 1.82) is 0 Å². The molecule has 1 heterocycles. The van der Waals surface area contributed by atoms with Gasteiger partial charge in [-0.15, -0.1) is 0 Å². The monoisotopic (exact) mass is 235 g/mol. The van der Waals surface area contributed by atoms with Crippen LogP contribution in [-0.2, 0) is 4.79 Å². The molecule has 1 saturated heterocycles. The molecule has 2 nitrogen and oxygen atoms in total.